The number of aromatic nitrogens is 2. The van der Waals surface area contributed by atoms with Gasteiger partial charge in [-0.2, -0.15) is 0 Å². The number of anilines is 1. The van der Waals surface area contributed by atoms with Crippen molar-refractivity contribution in [1.29, 1.82) is 0 Å². The van der Waals surface area contributed by atoms with Gasteiger partial charge in [-0.3, -0.25) is 9.59 Å². The van der Waals surface area contributed by atoms with Gasteiger partial charge in [-0.15, -0.1) is 0 Å². The summed E-state index contributed by atoms with van der Waals surface area (Å²) in [7, 11) is 1.57. The second-order valence-electron chi connectivity index (χ2n) is 9.57. The van der Waals surface area contributed by atoms with E-state index in [1.54, 1.807) is 55.6 Å². The normalized spacial score (nSPS) is 12.5. The van der Waals surface area contributed by atoms with E-state index in [4.69, 9.17) is 25.8 Å². The minimum atomic E-state index is -1.01. The van der Waals surface area contributed by atoms with Crippen LogP contribution in [-0.2, 0) is 16.1 Å². The van der Waals surface area contributed by atoms with E-state index in [1.807, 2.05) is 38.1 Å². The molecule has 42 heavy (non-hydrogen) atoms. The molecular weight excluding hydrogens is 576 g/mol. The Labute approximate surface area is 253 Å². The SMILES string of the molecule is COc1ccc([C@H](C(=O)Nc2ccc3c(c2)OCO3)N(Cc2ccccc2Cl)C(=O)CSc2nc(C)cc(C)n2)cc1. The van der Waals surface area contributed by atoms with Gasteiger partial charge in [0.25, 0.3) is 5.91 Å². The molecule has 0 saturated heterocycles. The Kier molecular flexibility index (Phi) is 9.14. The van der Waals surface area contributed by atoms with Crippen LogP contribution in [0, 0.1) is 13.8 Å². The van der Waals surface area contributed by atoms with Crippen molar-refractivity contribution < 1.29 is 23.8 Å². The first kappa shape index (κ1) is 29.2. The number of carbonyl (C=O) groups excluding carboxylic acids is 2. The van der Waals surface area contributed by atoms with Crippen LogP contribution >= 0.6 is 23.4 Å². The lowest BCUT2D eigenvalue weighted by Gasteiger charge is -2.32. The fourth-order valence-corrected chi connectivity index (χ4v) is 5.58. The quantitative estimate of drug-likeness (QED) is 0.174. The van der Waals surface area contributed by atoms with Crippen LogP contribution in [0.1, 0.15) is 28.6 Å². The van der Waals surface area contributed by atoms with Crippen LogP contribution in [0.15, 0.2) is 78.0 Å². The number of hydrogen-bond acceptors (Lipinski definition) is 8. The number of rotatable bonds is 10. The first-order chi connectivity index (χ1) is 20.3. The number of thioether (sulfide) groups is 1. The lowest BCUT2D eigenvalue weighted by molar-refractivity contribution is -0.137. The predicted molar refractivity (Wildman–Crippen MR) is 161 cm³/mol. The standard InChI is InChI=1S/C31H29ClN4O5S/c1-19-14-20(2)34-31(33-19)42-17-28(37)36(16-22-6-4-5-7-25(22)32)29(21-8-11-24(39-3)12-9-21)30(38)35-23-10-13-26-27(15-23)41-18-40-26/h4-15,29H,16-18H2,1-3H3,(H,35,38)/t29-/m1/s1. The van der Waals surface area contributed by atoms with Gasteiger partial charge < -0.3 is 24.4 Å². The summed E-state index contributed by atoms with van der Waals surface area (Å²) in [6, 6.07) is 20.3. The summed E-state index contributed by atoms with van der Waals surface area (Å²) in [4.78, 5) is 38.5. The molecule has 0 bridgehead atoms. The van der Waals surface area contributed by atoms with Gasteiger partial charge >= 0.3 is 0 Å². The minimum Gasteiger partial charge on any atom is -0.497 e. The Bertz CT molecular complexity index is 1580. The lowest BCUT2D eigenvalue weighted by Crippen LogP contribution is -2.42. The number of nitrogens with one attached hydrogen (secondary N) is 1. The summed E-state index contributed by atoms with van der Waals surface area (Å²) in [5, 5.41) is 3.94. The topological polar surface area (TPSA) is 103 Å². The molecule has 0 radical (unpaired) electrons. The predicted octanol–water partition coefficient (Wildman–Crippen LogP) is 5.99. The van der Waals surface area contributed by atoms with E-state index in [9.17, 15) is 9.59 Å². The lowest BCUT2D eigenvalue weighted by atomic mass is 10.0. The van der Waals surface area contributed by atoms with Crippen LogP contribution in [0.4, 0.5) is 5.69 Å². The van der Waals surface area contributed by atoms with Gasteiger partial charge in [0.1, 0.15) is 11.8 Å². The molecular formula is C31H29ClN4O5S. The average molecular weight is 605 g/mol. The van der Waals surface area contributed by atoms with Crippen LogP contribution in [-0.4, -0.2) is 46.3 Å². The molecule has 1 aliphatic heterocycles. The molecule has 2 amide bonds. The van der Waals surface area contributed by atoms with Gasteiger partial charge in [0, 0.05) is 34.7 Å². The van der Waals surface area contributed by atoms with E-state index < -0.39 is 11.9 Å². The number of aryl methyl sites for hydroxylation is 2. The zero-order valence-corrected chi connectivity index (χ0v) is 24.9. The molecule has 1 N–H and O–H groups in total. The molecule has 4 aromatic rings. The number of hydrogen-bond donors (Lipinski definition) is 1. The smallest absolute Gasteiger partial charge is 0.251 e. The van der Waals surface area contributed by atoms with E-state index in [-0.39, 0.29) is 25.0 Å². The first-order valence-corrected chi connectivity index (χ1v) is 14.5. The average Bonchev–Trinajstić information content (AvgIpc) is 3.44. The van der Waals surface area contributed by atoms with E-state index in [2.05, 4.69) is 15.3 Å². The molecule has 1 aliphatic rings. The maximum atomic E-state index is 14.1. The second-order valence-corrected chi connectivity index (χ2v) is 10.9. The number of benzene rings is 3. The van der Waals surface area contributed by atoms with Gasteiger partial charge in [0.15, 0.2) is 16.7 Å². The third-order valence-corrected chi connectivity index (χ3v) is 7.74. The fourth-order valence-electron chi connectivity index (χ4n) is 4.54. The van der Waals surface area contributed by atoms with Crippen LogP contribution in [0.25, 0.3) is 0 Å². The molecule has 9 nitrogen and oxygen atoms in total. The molecule has 1 aromatic heterocycles. The van der Waals surface area contributed by atoms with Gasteiger partial charge in [-0.05, 0) is 61.4 Å². The van der Waals surface area contributed by atoms with Crippen LogP contribution < -0.4 is 19.5 Å². The Balaban J connectivity index is 1.50. The van der Waals surface area contributed by atoms with Gasteiger partial charge in [0.2, 0.25) is 12.7 Å². The Morgan fingerprint density at radius 1 is 1.00 bits per heavy atom. The maximum Gasteiger partial charge on any atom is 0.251 e. The van der Waals surface area contributed by atoms with Crippen molar-refractivity contribution in [3.05, 3.63) is 100 Å². The number of carbonyl (C=O) groups is 2. The van der Waals surface area contributed by atoms with Gasteiger partial charge in [-0.25, -0.2) is 9.97 Å². The zero-order chi connectivity index (χ0) is 29.6. The fraction of sp³-hybridized carbons (Fsp3) is 0.226. The molecule has 216 valence electrons. The van der Waals surface area contributed by atoms with Crippen molar-refractivity contribution in [2.75, 3.05) is 25.0 Å². The second kappa shape index (κ2) is 13.1. The third-order valence-electron chi connectivity index (χ3n) is 6.54. The number of ether oxygens (including phenoxy) is 3. The van der Waals surface area contributed by atoms with E-state index in [0.29, 0.717) is 44.2 Å². The Morgan fingerprint density at radius 2 is 1.71 bits per heavy atom. The van der Waals surface area contributed by atoms with Gasteiger partial charge in [0.05, 0.1) is 12.9 Å². The Hall–Kier alpha value is -4.28. The molecule has 3 aromatic carbocycles. The summed E-state index contributed by atoms with van der Waals surface area (Å²) in [6.45, 7) is 3.97. The van der Waals surface area contributed by atoms with Crippen LogP contribution in [0.2, 0.25) is 5.02 Å². The summed E-state index contributed by atoms with van der Waals surface area (Å²) in [5.41, 5.74) is 3.43. The molecule has 11 heteroatoms. The van der Waals surface area contributed by atoms with Crippen molar-refractivity contribution in [2.45, 2.75) is 31.6 Å². The Morgan fingerprint density at radius 3 is 2.43 bits per heavy atom. The molecule has 2 heterocycles. The molecule has 0 fully saturated rings. The highest BCUT2D eigenvalue weighted by Crippen LogP contribution is 2.35. The summed E-state index contributed by atoms with van der Waals surface area (Å²) in [5.74, 6) is 1.07. The molecule has 0 saturated carbocycles. The number of halogens is 1. The summed E-state index contributed by atoms with van der Waals surface area (Å²) < 4.78 is 16.2. The van der Waals surface area contributed by atoms with Crippen molar-refractivity contribution in [2.24, 2.45) is 0 Å². The van der Waals surface area contributed by atoms with E-state index >= 15 is 0 Å². The first-order valence-electron chi connectivity index (χ1n) is 13.1. The maximum absolute atomic E-state index is 14.1. The minimum absolute atomic E-state index is 0.0112. The summed E-state index contributed by atoms with van der Waals surface area (Å²) >= 11 is 7.75. The van der Waals surface area contributed by atoms with Crippen molar-refractivity contribution >= 4 is 40.9 Å². The number of nitrogens with zero attached hydrogens (tertiary/aromatic N) is 3. The highest BCUT2D eigenvalue weighted by Gasteiger charge is 2.33. The van der Waals surface area contributed by atoms with Crippen molar-refractivity contribution in [3.63, 3.8) is 0 Å². The van der Waals surface area contributed by atoms with Crippen LogP contribution in [0.5, 0.6) is 17.2 Å². The number of amides is 2. The molecule has 0 spiro atoms. The summed E-state index contributed by atoms with van der Waals surface area (Å²) in [6.07, 6.45) is 0. The molecule has 1 atom stereocenters. The van der Waals surface area contributed by atoms with E-state index in [0.717, 1.165) is 11.4 Å². The van der Waals surface area contributed by atoms with Crippen molar-refractivity contribution in [1.82, 2.24) is 14.9 Å². The largest absolute Gasteiger partial charge is 0.497 e. The van der Waals surface area contributed by atoms with Crippen LogP contribution in [0.3, 0.4) is 0 Å². The number of methoxy groups -OCH3 is 1. The highest BCUT2D eigenvalue weighted by molar-refractivity contribution is 7.99. The van der Waals surface area contributed by atoms with E-state index in [1.165, 1.54) is 16.7 Å². The molecule has 0 aliphatic carbocycles. The molecule has 0 unspecified atom stereocenters. The van der Waals surface area contributed by atoms with Crippen molar-refractivity contribution in [3.8, 4) is 17.2 Å². The number of fused-ring (bicyclic) bond motifs is 1. The monoisotopic (exact) mass is 604 g/mol. The third kappa shape index (κ3) is 6.95. The van der Waals surface area contributed by atoms with Gasteiger partial charge in [-0.1, -0.05) is 53.7 Å². The molecule has 5 rings (SSSR count). The zero-order valence-electron chi connectivity index (χ0n) is 23.3. The highest BCUT2D eigenvalue weighted by atomic mass is 35.5.